The molecule has 0 unspecified atom stereocenters. The van der Waals surface area contributed by atoms with E-state index >= 15 is 0 Å². The van der Waals surface area contributed by atoms with Gasteiger partial charge in [0.2, 0.25) is 0 Å². The third-order valence-electron chi connectivity index (χ3n) is 0. The Kier molecular flexibility index (Phi) is 108. The van der Waals surface area contributed by atoms with E-state index in [0.29, 0.717) is 0 Å². The van der Waals surface area contributed by atoms with Crippen LogP contribution in [0.25, 0.3) is 0 Å². The van der Waals surface area contributed by atoms with Gasteiger partial charge in [-0.15, -0.1) is 12.4 Å². The van der Waals surface area contributed by atoms with Gasteiger partial charge in [0.1, 0.15) is 0 Å². The second-order valence-corrected chi connectivity index (χ2v) is 0. The first-order chi connectivity index (χ1) is 1.00. The minimum absolute atomic E-state index is 0. The number of rotatable bonds is 0. The van der Waals surface area contributed by atoms with E-state index in [1.54, 1.807) is 0 Å². The summed E-state index contributed by atoms with van der Waals surface area (Å²) in [5.41, 5.74) is 0. The SMILES string of the molecule is CO.Cl.[Ca+2].[H-].[H-]. The topological polar surface area (TPSA) is 20.2 Å². The largest absolute Gasteiger partial charge is 2.00 e. The number of hydrogen-bond acceptors (Lipinski definition) is 1. The zero-order valence-electron chi connectivity index (χ0n) is 4.56. The maximum Gasteiger partial charge on any atom is 2.00 e. The van der Waals surface area contributed by atoms with Gasteiger partial charge in [0.15, 0.2) is 0 Å². The normalized spacial score (nSPS) is 1.50. The van der Waals surface area contributed by atoms with Gasteiger partial charge in [-0.3, -0.25) is 0 Å². The Hall–Kier alpha value is 1.51. The monoisotopic (exact) mass is 110 g/mol. The van der Waals surface area contributed by atoms with E-state index in [-0.39, 0.29) is 53.0 Å². The van der Waals surface area contributed by atoms with Crippen LogP contribution in [-0.4, -0.2) is 50.0 Å². The Morgan fingerprint density at radius 2 is 1.50 bits per heavy atom. The molecule has 0 aromatic rings. The fourth-order valence-corrected chi connectivity index (χ4v) is 0. The minimum atomic E-state index is 0. The summed E-state index contributed by atoms with van der Waals surface area (Å²) in [5.74, 6) is 0. The second-order valence-electron chi connectivity index (χ2n) is 0. The van der Waals surface area contributed by atoms with Crippen LogP contribution >= 0.6 is 12.4 Å². The van der Waals surface area contributed by atoms with E-state index in [9.17, 15) is 0 Å². The molecule has 0 rings (SSSR count). The predicted molar refractivity (Wildman–Crippen MR) is 23.4 cm³/mol. The molecule has 3 heteroatoms. The molecule has 0 amide bonds. The van der Waals surface area contributed by atoms with E-state index in [0.717, 1.165) is 7.11 Å². The van der Waals surface area contributed by atoms with Crippen molar-refractivity contribution >= 4 is 50.1 Å². The summed E-state index contributed by atoms with van der Waals surface area (Å²) in [7, 11) is 1.00. The number of hydrogen-bond donors (Lipinski definition) is 1. The molecule has 1 nitrogen and oxygen atoms in total. The van der Waals surface area contributed by atoms with Gasteiger partial charge < -0.3 is 7.96 Å². The Labute approximate surface area is 64.8 Å². The maximum absolute atomic E-state index is 7.00. The molecule has 0 radical (unpaired) electrons. The molecule has 0 aromatic carbocycles. The van der Waals surface area contributed by atoms with Crippen molar-refractivity contribution in [1.82, 2.24) is 0 Å². The Morgan fingerprint density at radius 1 is 1.50 bits per heavy atom. The van der Waals surface area contributed by atoms with Crippen molar-refractivity contribution < 1.29 is 7.96 Å². The average Bonchev–Trinajstić information content (AvgIpc) is 1.00. The van der Waals surface area contributed by atoms with E-state index in [1.165, 1.54) is 0 Å². The van der Waals surface area contributed by atoms with Crippen LogP contribution in [-0.2, 0) is 0 Å². The summed E-state index contributed by atoms with van der Waals surface area (Å²) in [6.07, 6.45) is 0. The first kappa shape index (κ1) is 17.8. The summed E-state index contributed by atoms with van der Waals surface area (Å²) in [5, 5.41) is 7.00. The van der Waals surface area contributed by atoms with Crippen LogP contribution in [0.1, 0.15) is 2.85 Å². The maximum atomic E-state index is 7.00. The smallest absolute Gasteiger partial charge is 1.00 e. The molecule has 0 spiro atoms. The Morgan fingerprint density at radius 3 is 1.50 bits per heavy atom. The first-order valence-electron chi connectivity index (χ1n) is 0.447. The summed E-state index contributed by atoms with van der Waals surface area (Å²) >= 11 is 0. The van der Waals surface area contributed by atoms with Crippen LogP contribution in [0.5, 0.6) is 0 Å². The van der Waals surface area contributed by atoms with Crippen LogP contribution < -0.4 is 0 Å². The van der Waals surface area contributed by atoms with Gasteiger partial charge in [-0.2, -0.15) is 0 Å². The molecule has 0 saturated carbocycles. The molecule has 0 fully saturated rings. The molecule has 0 heterocycles. The molecule has 0 aliphatic heterocycles. The summed E-state index contributed by atoms with van der Waals surface area (Å²) in [6, 6.07) is 0. The van der Waals surface area contributed by atoms with Gasteiger partial charge in [-0.25, -0.2) is 0 Å². The molecule has 0 aliphatic carbocycles. The summed E-state index contributed by atoms with van der Waals surface area (Å²) < 4.78 is 0. The predicted octanol–water partition coefficient (Wildman–Crippen LogP) is -0.126. The minimum Gasteiger partial charge on any atom is -1.00 e. The molecule has 0 aromatic heterocycles. The van der Waals surface area contributed by atoms with Crippen molar-refractivity contribution in [1.29, 1.82) is 0 Å². The van der Waals surface area contributed by atoms with Gasteiger partial charge in [0.05, 0.1) is 0 Å². The zero-order valence-corrected chi connectivity index (χ0v) is 5.59. The average molecular weight is 111 g/mol. The van der Waals surface area contributed by atoms with Crippen molar-refractivity contribution in [3.8, 4) is 0 Å². The van der Waals surface area contributed by atoms with Crippen molar-refractivity contribution in [3.63, 3.8) is 0 Å². The van der Waals surface area contributed by atoms with Crippen LogP contribution in [0.15, 0.2) is 0 Å². The van der Waals surface area contributed by atoms with E-state index < -0.39 is 0 Å². The fraction of sp³-hybridized carbons (Fsp3) is 1.00. The van der Waals surface area contributed by atoms with Gasteiger partial charge in [0.25, 0.3) is 0 Å². The molecule has 0 atom stereocenters. The van der Waals surface area contributed by atoms with Gasteiger partial charge in [-0.05, 0) is 0 Å². The van der Waals surface area contributed by atoms with Crippen molar-refractivity contribution in [2.75, 3.05) is 7.11 Å². The third kappa shape index (κ3) is 9.70. The third-order valence-corrected chi connectivity index (χ3v) is 0. The quantitative estimate of drug-likeness (QED) is 0.431. The molecule has 26 valence electrons. The van der Waals surface area contributed by atoms with Crippen molar-refractivity contribution in [2.45, 2.75) is 0 Å². The van der Waals surface area contributed by atoms with Gasteiger partial charge in [0, 0.05) is 7.11 Å². The van der Waals surface area contributed by atoms with Gasteiger partial charge in [-0.1, -0.05) is 0 Å². The van der Waals surface area contributed by atoms with Crippen molar-refractivity contribution in [2.24, 2.45) is 0 Å². The van der Waals surface area contributed by atoms with E-state index in [1.807, 2.05) is 0 Å². The molecule has 0 saturated heterocycles. The molecular formula is CH7CaClO. The van der Waals surface area contributed by atoms with Crippen LogP contribution in [0.3, 0.4) is 0 Å². The fourth-order valence-electron chi connectivity index (χ4n) is 0. The van der Waals surface area contributed by atoms with Crippen LogP contribution in [0, 0.1) is 0 Å². The number of halogens is 1. The first-order valence-corrected chi connectivity index (χ1v) is 0.447. The Balaban J connectivity index is -0.000000000833. The molecule has 1 N–H and O–H groups in total. The Bertz CT molecular complexity index is 13.5. The van der Waals surface area contributed by atoms with E-state index in [2.05, 4.69) is 0 Å². The standard InChI is InChI=1S/CH4O.Ca.ClH.2H/c1-2;;;;/h2H,1H3;;1H;;/q;+2;;2*-1. The van der Waals surface area contributed by atoms with Crippen LogP contribution in [0.4, 0.5) is 0 Å². The summed E-state index contributed by atoms with van der Waals surface area (Å²) in [6.45, 7) is 0. The molecule has 0 bridgehead atoms. The number of aliphatic hydroxyl groups excluding tert-OH is 1. The van der Waals surface area contributed by atoms with Gasteiger partial charge >= 0.3 is 37.7 Å². The summed E-state index contributed by atoms with van der Waals surface area (Å²) in [4.78, 5) is 0. The molecule has 4 heavy (non-hydrogen) atoms. The van der Waals surface area contributed by atoms with Crippen LogP contribution in [0.2, 0.25) is 0 Å². The number of aliphatic hydroxyl groups is 1. The zero-order chi connectivity index (χ0) is 2.00. The molecule has 0 aliphatic rings. The van der Waals surface area contributed by atoms with E-state index in [4.69, 9.17) is 5.11 Å². The molecular weight excluding hydrogens is 104 g/mol. The van der Waals surface area contributed by atoms with Crippen molar-refractivity contribution in [3.05, 3.63) is 0 Å². The second kappa shape index (κ2) is 24.4.